The fourth-order valence-electron chi connectivity index (χ4n) is 5.19. The Morgan fingerprint density at radius 1 is 1.02 bits per heavy atom. The van der Waals surface area contributed by atoms with E-state index < -0.39 is 0 Å². The molecule has 0 aliphatic carbocycles. The summed E-state index contributed by atoms with van der Waals surface area (Å²) in [6, 6.07) is 21.1. The van der Waals surface area contributed by atoms with Crippen molar-refractivity contribution in [2.45, 2.75) is 39.1 Å². The number of nitrogens with zero attached hydrogens (tertiary/aromatic N) is 4. The zero-order valence-electron chi connectivity index (χ0n) is 24.1. The number of carbonyl (C=O) groups excluding carboxylic acids is 2. The van der Waals surface area contributed by atoms with Crippen molar-refractivity contribution in [1.82, 2.24) is 14.4 Å². The molecule has 10 heteroatoms. The third-order valence-electron chi connectivity index (χ3n) is 7.67. The molecule has 0 radical (unpaired) electrons. The first kappa shape index (κ1) is 29.6. The van der Waals surface area contributed by atoms with Gasteiger partial charge in [-0.05, 0) is 42.7 Å². The number of carbonyl (C=O) groups is 2. The Morgan fingerprint density at radius 3 is 2.50 bits per heavy atom. The van der Waals surface area contributed by atoms with E-state index in [1.807, 2.05) is 78.6 Å². The zero-order valence-corrected chi connectivity index (χ0v) is 25.7. The van der Waals surface area contributed by atoms with Crippen molar-refractivity contribution >= 4 is 51.7 Å². The van der Waals surface area contributed by atoms with Crippen LogP contribution in [-0.4, -0.2) is 60.1 Å². The molecule has 1 aromatic heterocycles. The van der Waals surface area contributed by atoms with Gasteiger partial charge in [0.2, 0.25) is 5.91 Å². The number of methoxy groups -OCH3 is 1. The first-order valence-electron chi connectivity index (χ1n) is 13.8. The monoisotopic (exact) mass is 608 g/mol. The summed E-state index contributed by atoms with van der Waals surface area (Å²) in [5.74, 6) is 1.06. The van der Waals surface area contributed by atoms with Gasteiger partial charge in [-0.15, -0.1) is 0 Å². The molecule has 0 spiro atoms. The zero-order chi connectivity index (χ0) is 30.0. The van der Waals surface area contributed by atoms with Crippen LogP contribution in [0.15, 0.2) is 66.7 Å². The Hall–Kier alpha value is -3.88. The number of amides is 3. The van der Waals surface area contributed by atoms with Crippen LogP contribution >= 0.6 is 23.2 Å². The van der Waals surface area contributed by atoms with Crippen molar-refractivity contribution in [3.8, 4) is 11.5 Å². The number of urea groups is 1. The summed E-state index contributed by atoms with van der Waals surface area (Å²) in [5, 5.41) is 1.42. The lowest BCUT2D eigenvalue weighted by molar-refractivity contribution is -0.129. The largest absolute Gasteiger partial charge is 0.493 e. The Labute approximate surface area is 255 Å². The molecule has 5 rings (SSSR count). The predicted octanol–water partition coefficient (Wildman–Crippen LogP) is 6.84. The van der Waals surface area contributed by atoms with Gasteiger partial charge < -0.3 is 23.8 Å². The van der Waals surface area contributed by atoms with Crippen LogP contribution in [0.5, 0.6) is 11.5 Å². The Balaban J connectivity index is 1.42. The molecule has 1 atom stereocenters. The summed E-state index contributed by atoms with van der Waals surface area (Å²) < 4.78 is 13.4. The second-order valence-electron chi connectivity index (χ2n) is 10.6. The second kappa shape index (κ2) is 12.5. The van der Waals surface area contributed by atoms with E-state index in [2.05, 4.69) is 0 Å². The maximum Gasteiger partial charge on any atom is 0.325 e. The summed E-state index contributed by atoms with van der Waals surface area (Å²) in [6.45, 7) is 3.40. The summed E-state index contributed by atoms with van der Waals surface area (Å²) in [5.41, 5.74) is 3.38. The van der Waals surface area contributed by atoms with Gasteiger partial charge in [0.05, 0.1) is 17.6 Å². The number of rotatable bonds is 9. The number of ether oxygens (including phenoxy) is 2. The van der Waals surface area contributed by atoms with Crippen LogP contribution in [0.3, 0.4) is 0 Å². The van der Waals surface area contributed by atoms with E-state index in [4.69, 9.17) is 32.7 Å². The van der Waals surface area contributed by atoms with Crippen molar-refractivity contribution in [1.29, 1.82) is 0 Å². The smallest absolute Gasteiger partial charge is 0.325 e. The van der Waals surface area contributed by atoms with Crippen molar-refractivity contribution in [3.63, 3.8) is 0 Å². The number of benzene rings is 3. The fraction of sp³-hybridized carbons (Fsp3) is 0.312. The molecule has 0 bridgehead atoms. The van der Waals surface area contributed by atoms with Gasteiger partial charge in [-0.2, -0.15) is 0 Å². The highest BCUT2D eigenvalue weighted by Gasteiger charge is 2.33. The Morgan fingerprint density at radius 2 is 1.79 bits per heavy atom. The lowest BCUT2D eigenvalue weighted by Gasteiger charge is -2.40. The summed E-state index contributed by atoms with van der Waals surface area (Å²) >= 11 is 13.3. The summed E-state index contributed by atoms with van der Waals surface area (Å²) in [4.78, 5) is 31.6. The number of aromatic nitrogens is 1. The molecule has 8 nitrogen and oxygen atoms in total. The van der Waals surface area contributed by atoms with E-state index in [1.54, 1.807) is 30.7 Å². The number of fused-ring (bicyclic) bond motifs is 1. The lowest BCUT2D eigenvalue weighted by Crippen LogP contribution is -2.53. The highest BCUT2D eigenvalue weighted by molar-refractivity contribution is 6.45. The van der Waals surface area contributed by atoms with Crippen LogP contribution in [0.2, 0.25) is 10.2 Å². The van der Waals surface area contributed by atoms with Gasteiger partial charge in [0.1, 0.15) is 18.3 Å². The standard InChI is InChI=1S/C32H34Cl2N4O4/c1-21-15-16-36(24-13-14-26(41-4)27(17-24)42-20-22-9-6-5-7-10-22)32(40)37(21)18-23-11-8-12-25-29(23)30(33)31(34)38(25)19-28(39)35(2)3/h5-14,17,21H,15-16,18-20H2,1-4H3. The van der Waals surface area contributed by atoms with E-state index in [-0.39, 0.29) is 24.5 Å². The van der Waals surface area contributed by atoms with Crippen molar-refractivity contribution in [2.75, 3.05) is 32.6 Å². The van der Waals surface area contributed by atoms with Crippen molar-refractivity contribution < 1.29 is 19.1 Å². The van der Waals surface area contributed by atoms with E-state index in [1.165, 1.54) is 4.90 Å². The van der Waals surface area contributed by atoms with Crippen LogP contribution in [0.4, 0.5) is 10.5 Å². The molecule has 1 fully saturated rings. The van der Waals surface area contributed by atoms with E-state index in [9.17, 15) is 9.59 Å². The van der Waals surface area contributed by atoms with E-state index >= 15 is 0 Å². The number of halogens is 2. The first-order valence-corrected chi connectivity index (χ1v) is 14.5. The third kappa shape index (κ3) is 5.87. The summed E-state index contributed by atoms with van der Waals surface area (Å²) in [7, 11) is 5.00. The molecule has 1 aliphatic rings. The van der Waals surface area contributed by atoms with Crippen LogP contribution in [-0.2, 0) is 24.5 Å². The maximum atomic E-state index is 14.0. The summed E-state index contributed by atoms with van der Waals surface area (Å²) in [6.07, 6.45) is 0.779. The van der Waals surface area contributed by atoms with E-state index in [0.717, 1.165) is 34.1 Å². The molecule has 1 saturated heterocycles. The SMILES string of the molecule is COc1ccc(N2CCC(C)N(Cc3cccc4c3c(Cl)c(Cl)n4CC(=O)N(C)C)C2=O)cc1OCc1ccccc1. The molecule has 0 saturated carbocycles. The van der Waals surface area contributed by atoms with Crippen molar-refractivity contribution in [3.05, 3.63) is 88.0 Å². The molecule has 3 amide bonds. The quantitative estimate of drug-likeness (QED) is 0.208. The molecule has 220 valence electrons. The van der Waals surface area contributed by atoms with Crippen LogP contribution in [0.25, 0.3) is 10.9 Å². The number of likely N-dealkylation sites (N-methyl/N-ethyl adjacent to an activating group) is 1. The molecule has 2 heterocycles. The van der Waals surface area contributed by atoms with Crippen LogP contribution in [0, 0.1) is 0 Å². The van der Waals surface area contributed by atoms with Gasteiger partial charge in [-0.1, -0.05) is 65.7 Å². The van der Waals surface area contributed by atoms with Crippen LogP contribution < -0.4 is 14.4 Å². The van der Waals surface area contributed by atoms with Crippen LogP contribution in [0.1, 0.15) is 24.5 Å². The second-order valence-corrected chi connectivity index (χ2v) is 11.3. The van der Waals surface area contributed by atoms with Gasteiger partial charge in [0.15, 0.2) is 11.5 Å². The van der Waals surface area contributed by atoms with Gasteiger partial charge in [-0.3, -0.25) is 9.69 Å². The minimum absolute atomic E-state index is 0.00251. The average molecular weight is 610 g/mol. The fourth-order valence-corrected chi connectivity index (χ4v) is 5.76. The lowest BCUT2D eigenvalue weighted by atomic mass is 10.1. The van der Waals surface area contributed by atoms with Gasteiger partial charge in [0, 0.05) is 50.4 Å². The first-order chi connectivity index (χ1) is 20.2. The molecule has 42 heavy (non-hydrogen) atoms. The predicted molar refractivity (Wildman–Crippen MR) is 167 cm³/mol. The highest BCUT2D eigenvalue weighted by Crippen LogP contribution is 2.38. The molecule has 1 aliphatic heterocycles. The maximum absolute atomic E-state index is 14.0. The minimum Gasteiger partial charge on any atom is -0.493 e. The Bertz CT molecular complexity index is 1610. The van der Waals surface area contributed by atoms with Gasteiger partial charge in [0.25, 0.3) is 0 Å². The number of anilines is 1. The molecule has 0 N–H and O–H groups in total. The average Bonchev–Trinajstić information content (AvgIpc) is 3.23. The molecule has 3 aromatic carbocycles. The number of hydrogen-bond acceptors (Lipinski definition) is 4. The molecule has 4 aromatic rings. The minimum atomic E-state index is -0.116. The molecule has 1 unspecified atom stereocenters. The van der Waals surface area contributed by atoms with E-state index in [0.29, 0.717) is 41.4 Å². The third-order valence-corrected chi connectivity index (χ3v) is 8.52. The highest BCUT2D eigenvalue weighted by atomic mass is 35.5. The Kier molecular flexibility index (Phi) is 8.85. The molecular weight excluding hydrogens is 575 g/mol. The normalized spacial score (nSPS) is 15.3. The topological polar surface area (TPSA) is 67.2 Å². The van der Waals surface area contributed by atoms with Crippen molar-refractivity contribution in [2.24, 2.45) is 0 Å². The van der Waals surface area contributed by atoms with Gasteiger partial charge >= 0.3 is 6.03 Å². The molecular formula is C32H34Cl2N4O4. The number of hydrogen-bond donors (Lipinski definition) is 0. The van der Waals surface area contributed by atoms with Gasteiger partial charge in [-0.25, -0.2) is 4.79 Å².